The molecule has 0 aliphatic rings. The first-order chi connectivity index (χ1) is 11.2. The van der Waals surface area contributed by atoms with Crippen molar-refractivity contribution in [1.29, 1.82) is 0 Å². The molecule has 1 N–H and O–H groups in total. The van der Waals surface area contributed by atoms with Gasteiger partial charge in [-0.3, -0.25) is 4.79 Å². The molecule has 0 heterocycles. The van der Waals surface area contributed by atoms with E-state index in [0.717, 1.165) is 12.1 Å². The smallest absolute Gasteiger partial charge is 0.224 e. The van der Waals surface area contributed by atoms with Crippen LogP contribution in [0.5, 0.6) is 17.2 Å². The van der Waals surface area contributed by atoms with Crippen molar-refractivity contribution >= 4 is 5.91 Å². The van der Waals surface area contributed by atoms with Crippen LogP contribution in [0.3, 0.4) is 0 Å². The first-order valence-corrected chi connectivity index (χ1v) is 7.92. The lowest BCUT2D eigenvalue weighted by molar-refractivity contribution is -0.120. The lowest BCUT2D eigenvalue weighted by Crippen LogP contribution is -2.40. The third-order valence-corrected chi connectivity index (χ3v) is 3.60. The van der Waals surface area contributed by atoms with Gasteiger partial charge < -0.3 is 24.4 Å². The largest absolute Gasteiger partial charge is 0.493 e. The van der Waals surface area contributed by atoms with E-state index in [-0.39, 0.29) is 17.7 Å². The molecule has 6 nitrogen and oxygen atoms in total. The number of rotatable bonds is 9. The van der Waals surface area contributed by atoms with E-state index in [1.807, 2.05) is 14.1 Å². The number of nitrogens with one attached hydrogen (secondary N) is 1. The van der Waals surface area contributed by atoms with Crippen molar-refractivity contribution in [3.05, 3.63) is 17.7 Å². The molecule has 6 heteroatoms. The normalized spacial score (nSPS) is 11.3. The van der Waals surface area contributed by atoms with Gasteiger partial charge in [-0.1, -0.05) is 13.8 Å². The summed E-state index contributed by atoms with van der Waals surface area (Å²) in [7, 11) is 8.73. The molecule has 24 heavy (non-hydrogen) atoms. The van der Waals surface area contributed by atoms with Crippen molar-refractivity contribution in [2.45, 2.75) is 20.3 Å². The highest BCUT2D eigenvalue weighted by molar-refractivity contribution is 5.79. The number of nitrogens with zero attached hydrogens (tertiary/aromatic N) is 1. The number of ether oxygens (including phenoxy) is 3. The van der Waals surface area contributed by atoms with Gasteiger partial charge in [0.15, 0.2) is 11.5 Å². The van der Waals surface area contributed by atoms with Gasteiger partial charge in [-0.2, -0.15) is 0 Å². The summed E-state index contributed by atoms with van der Waals surface area (Å²) in [5, 5.41) is 3.00. The quantitative estimate of drug-likeness (QED) is 0.746. The number of amides is 1. The average Bonchev–Trinajstić information content (AvgIpc) is 2.50. The summed E-state index contributed by atoms with van der Waals surface area (Å²) < 4.78 is 15.9. The Morgan fingerprint density at radius 1 is 1.08 bits per heavy atom. The van der Waals surface area contributed by atoms with Crippen LogP contribution in [0.2, 0.25) is 0 Å². The van der Waals surface area contributed by atoms with Crippen LogP contribution in [0.25, 0.3) is 0 Å². The van der Waals surface area contributed by atoms with Gasteiger partial charge in [-0.05, 0) is 37.2 Å². The molecule has 0 atom stereocenters. The molecule has 0 aliphatic carbocycles. The molecule has 1 rings (SSSR count). The lowest BCUT2D eigenvalue weighted by Gasteiger charge is -2.28. The van der Waals surface area contributed by atoms with Crippen molar-refractivity contribution in [2.24, 2.45) is 5.41 Å². The van der Waals surface area contributed by atoms with E-state index in [0.29, 0.717) is 23.8 Å². The van der Waals surface area contributed by atoms with Crippen molar-refractivity contribution in [3.63, 3.8) is 0 Å². The molecule has 1 aromatic rings. The zero-order valence-electron chi connectivity index (χ0n) is 15.9. The molecule has 0 fully saturated rings. The van der Waals surface area contributed by atoms with E-state index in [2.05, 4.69) is 24.1 Å². The van der Waals surface area contributed by atoms with Gasteiger partial charge in [0.05, 0.1) is 27.8 Å². The van der Waals surface area contributed by atoms with Crippen molar-refractivity contribution in [1.82, 2.24) is 10.2 Å². The van der Waals surface area contributed by atoms with Crippen LogP contribution < -0.4 is 19.5 Å². The molecule has 0 bridgehead atoms. The number of benzene rings is 1. The van der Waals surface area contributed by atoms with E-state index in [1.165, 1.54) is 0 Å². The molecule has 0 aromatic heterocycles. The second-order valence-electron chi connectivity index (χ2n) is 6.89. The Bertz CT molecular complexity index is 531. The molecule has 0 unspecified atom stereocenters. The van der Waals surface area contributed by atoms with Crippen molar-refractivity contribution < 1.29 is 19.0 Å². The fourth-order valence-corrected chi connectivity index (χ4v) is 2.74. The Hall–Kier alpha value is -1.95. The Balaban J connectivity index is 2.77. The fourth-order valence-electron chi connectivity index (χ4n) is 2.74. The zero-order chi connectivity index (χ0) is 18.3. The topological polar surface area (TPSA) is 60.0 Å². The van der Waals surface area contributed by atoms with Crippen LogP contribution >= 0.6 is 0 Å². The summed E-state index contributed by atoms with van der Waals surface area (Å²) in [6, 6.07) is 3.60. The third kappa shape index (κ3) is 5.92. The fraction of sp³-hybridized carbons (Fsp3) is 0.611. The van der Waals surface area contributed by atoms with Gasteiger partial charge in [-0.15, -0.1) is 0 Å². The highest BCUT2D eigenvalue weighted by Crippen LogP contribution is 2.38. The summed E-state index contributed by atoms with van der Waals surface area (Å²) in [5.41, 5.74) is 0.821. The van der Waals surface area contributed by atoms with Crippen LogP contribution in [-0.4, -0.2) is 59.3 Å². The summed E-state index contributed by atoms with van der Waals surface area (Å²) in [4.78, 5) is 14.4. The molecular weight excluding hydrogens is 308 g/mol. The third-order valence-electron chi connectivity index (χ3n) is 3.60. The average molecular weight is 338 g/mol. The second-order valence-corrected chi connectivity index (χ2v) is 6.89. The molecule has 1 aromatic carbocycles. The molecule has 0 aliphatic heterocycles. The minimum atomic E-state index is -0.0314. The number of carbonyl (C=O) groups is 1. The van der Waals surface area contributed by atoms with E-state index < -0.39 is 0 Å². The van der Waals surface area contributed by atoms with Crippen LogP contribution in [0, 0.1) is 5.41 Å². The molecule has 0 spiro atoms. The Morgan fingerprint density at radius 2 is 1.62 bits per heavy atom. The maximum absolute atomic E-state index is 12.3. The predicted octanol–water partition coefficient (Wildman–Crippen LogP) is 1.96. The Morgan fingerprint density at radius 3 is 2.04 bits per heavy atom. The lowest BCUT2D eigenvalue weighted by atomic mass is 9.93. The highest BCUT2D eigenvalue weighted by Gasteiger charge is 2.20. The van der Waals surface area contributed by atoms with E-state index in [1.54, 1.807) is 33.5 Å². The Kier molecular flexibility index (Phi) is 7.35. The molecule has 0 radical (unpaired) electrons. The molecule has 0 saturated heterocycles. The second kappa shape index (κ2) is 8.78. The highest BCUT2D eigenvalue weighted by atomic mass is 16.5. The maximum Gasteiger partial charge on any atom is 0.224 e. The van der Waals surface area contributed by atoms with Crippen LogP contribution in [0.15, 0.2) is 12.1 Å². The first-order valence-electron chi connectivity index (χ1n) is 7.92. The van der Waals surface area contributed by atoms with Gasteiger partial charge in [0, 0.05) is 13.1 Å². The molecule has 1 amide bonds. The zero-order valence-corrected chi connectivity index (χ0v) is 15.9. The number of hydrogen-bond acceptors (Lipinski definition) is 5. The van der Waals surface area contributed by atoms with E-state index in [4.69, 9.17) is 14.2 Å². The van der Waals surface area contributed by atoms with Gasteiger partial charge in [0.2, 0.25) is 11.7 Å². The molecular formula is C18H30N2O4. The predicted molar refractivity (Wildman–Crippen MR) is 95.1 cm³/mol. The van der Waals surface area contributed by atoms with Gasteiger partial charge in [0.25, 0.3) is 0 Å². The Labute approximate surface area is 145 Å². The maximum atomic E-state index is 12.3. The molecule has 136 valence electrons. The van der Waals surface area contributed by atoms with Crippen LogP contribution in [0.1, 0.15) is 19.4 Å². The minimum absolute atomic E-state index is 0.00838. The van der Waals surface area contributed by atoms with Crippen LogP contribution in [0.4, 0.5) is 0 Å². The molecule has 0 saturated carbocycles. The summed E-state index contributed by atoms with van der Waals surface area (Å²) >= 11 is 0. The van der Waals surface area contributed by atoms with E-state index in [9.17, 15) is 4.79 Å². The first kappa shape index (κ1) is 20.1. The minimum Gasteiger partial charge on any atom is -0.493 e. The monoisotopic (exact) mass is 338 g/mol. The van der Waals surface area contributed by atoms with Crippen LogP contribution in [-0.2, 0) is 11.2 Å². The van der Waals surface area contributed by atoms with Gasteiger partial charge in [-0.25, -0.2) is 0 Å². The SMILES string of the molecule is COc1cc(CC(=O)NCC(C)(C)CN(C)C)cc(OC)c1OC. The van der Waals surface area contributed by atoms with E-state index >= 15 is 0 Å². The summed E-state index contributed by atoms with van der Waals surface area (Å²) in [6.45, 7) is 5.78. The summed E-state index contributed by atoms with van der Waals surface area (Å²) in [6.07, 6.45) is 0.259. The number of hydrogen-bond donors (Lipinski definition) is 1. The number of methoxy groups -OCH3 is 3. The summed E-state index contributed by atoms with van der Waals surface area (Å²) in [5.74, 6) is 1.59. The van der Waals surface area contributed by atoms with Crippen molar-refractivity contribution in [3.8, 4) is 17.2 Å². The standard InChI is InChI=1S/C18H30N2O4/c1-18(2,12-20(3)4)11-19-16(21)10-13-8-14(22-5)17(24-7)15(9-13)23-6/h8-9H,10-12H2,1-7H3,(H,19,21). The van der Waals surface area contributed by atoms with Crippen molar-refractivity contribution in [2.75, 3.05) is 48.5 Å². The number of carbonyl (C=O) groups excluding carboxylic acids is 1. The van der Waals surface area contributed by atoms with Gasteiger partial charge >= 0.3 is 0 Å². The van der Waals surface area contributed by atoms with Gasteiger partial charge in [0.1, 0.15) is 0 Å².